The zero-order valence-corrected chi connectivity index (χ0v) is 5.99. The van der Waals surface area contributed by atoms with Gasteiger partial charge in [-0.3, -0.25) is 4.79 Å². The summed E-state index contributed by atoms with van der Waals surface area (Å²) in [5, 5.41) is 7.92. The van der Waals surface area contributed by atoms with E-state index in [1.807, 2.05) is 15.9 Å². The predicted molar refractivity (Wildman–Crippen MR) is 30.7 cm³/mol. The summed E-state index contributed by atoms with van der Waals surface area (Å²) in [6.07, 6.45) is -1.18. The monoisotopic (exact) mass is 202 g/mol. The maximum Gasteiger partial charge on any atom is 0.303 e. The van der Waals surface area contributed by atoms with Crippen LogP contribution in [0.15, 0.2) is 0 Å². The molecule has 0 aromatic heterocycles. The van der Waals surface area contributed by atoms with Gasteiger partial charge in [-0.05, 0) is 15.9 Å². The van der Waals surface area contributed by atoms with Gasteiger partial charge in [-0.2, -0.15) is 8.78 Å². The fraction of sp³-hybridized carbons (Fsp3) is 0.750. The van der Waals surface area contributed by atoms with Crippen LogP contribution >= 0.6 is 15.9 Å². The molecule has 0 atom stereocenters. The third-order valence-corrected chi connectivity index (χ3v) is 1.02. The molecule has 0 unspecified atom stereocenters. The number of carbonyl (C=O) groups is 1. The summed E-state index contributed by atoms with van der Waals surface area (Å²) in [6.45, 7) is 0. The molecule has 0 aromatic carbocycles. The third kappa shape index (κ3) is 7.81. The Morgan fingerprint density at radius 3 is 2.22 bits per heavy atom. The molecule has 0 spiro atoms. The summed E-state index contributed by atoms with van der Waals surface area (Å²) in [4.78, 5) is 6.66. The quantitative estimate of drug-likeness (QED) is 0.710. The summed E-state index contributed by atoms with van der Waals surface area (Å²) >= 11 is 2.01. The summed E-state index contributed by atoms with van der Waals surface area (Å²) in [5.41, 5.74) is 0. The summed E-state index contributed by atoms with van der Waals surface area (Å²) < 4.78 is 23.5. The molecule has 1 N–H and O–H groups in total. The number of halogens is 3. The highest BCUT2D eigenvalue weighted by atomic mass is 79.9. The van der Waals surface area contributed by atoms with Gasteiger partial charge in [0.25, 0.3) is 0 Å². The Labute approximate surface area is 59.0 Å². The second-order valence-electron chi connectivity index (χ2n) is 1.51. The lowest BCUT2D eigenvalue weighted by Gasteiger charge is -2.03. The molecule has 0 bridgehead atoms. The number of carboxylic acids is 1. The van der Waals surface area contributed by atoms with Crippen LogP contribution in [0.25, 0.3) is 0 Å². The molecule has 54 valence electrons. The lowest BCUT2D eigenvalue weighted by atomic mass is 10.3. The minimum absolute atomic E-state index is 0.516. The van der Waals surface area contributed by atoms with Crippen molar-refractivity contribution >= 4 is 21.9 Å². The zero-order chi connectivity index (χ0) is 7.49. The van der Waals surface area contributed by atoms with E-state index in [0.29, 0.717) is 0 Å². The minimum atomic E-state index is -3.04. The smallest absolute Gasteiger partial charge is 0.303 e. The molecule has 0 saturated carbocycles. The van der Waals surface area contributed by atoms with Gasteiger partial charge in [0.05, 0.1) is 6.42 Å². The Bertz CT molecular complexity index is 110. The number of hydrogen-bond donors (Lipinski definition) is 1. The van der Waals surface area contributed by atoms with Crippen LogP contribution in [-0.4, -0.2) is 15.9 Å². The van der Waals surface area contributed by atoms with E-state index < -0.39 is 23.6 Å². The van der Waals surface area contributed by atoms with Gasteiger partial charge in [0.1, 0.15) is 0 Å². The van der Waals surface area contributed by atoms with Gasteiger partial charge in [-0.25, -0.2) is 0 Å². The van der Waals surface area contributed by atoms with Gasteiger partial charge >= 0.3 is 10.8 Å². The number of rotatable bonds is 3. The molecular weight excluding hydrogens is 198 g/mol. The number of aliphatic carboxylic acids is 1. The third-order valence-electron chi connectivity index (χ3n) is 0.622. The van der Waals surface area contributed by atoms with Crippen LogP contribution in [0.4, 0.5) is 8.78 Å². The van der Waals surface area contributed by atoms with Crippen molar-refractivity contribution in [3.05, 3.63) is 0 Å². The fourth-order valence-corrected chi connectivity index (χ4v) is 0.447. The van der Waals surface area contributed by atoms with Gasteiger partial charge in [0.2, 0.25) is 0 Å². The first-order valence-electron chi connectivity index (χ1n) is 2.20. The van der Waals surface area contributed by atoms with Crippen molar-refractivity contribution in [2.75, 3.05) is 0 Å². The van der Waals surface area contributed by atoms with E-state index in [1.165, 1.54) is 0 Å². The maximum absolute atomic E-state index is 11.7. The second kappa shape index (κ2) is 3.10. The van der Waals surface area contributed by atoms with Crippen molar-refractivity contribution in [2.45, 2.75) is 17.7 Å². The van der Waals surface area contributed by atoms with E-state index in [4.69, 9.17) is 5.11 Å². The molecule has 0 fully saturated rings. The Kier molecular flexibility index (Phi) is 3.03. The summed E-state index contributed by atoms with van der Waals surface area (Å²) in [6, 6.07) is 0. The standard InChI is InChI=1S/C4H5BrF2O2/c5-4(6,7)2-1-3(8)9/h1-2H2,(H,8,9). The van der Waals surface area contributed by atoms with Crippen LogP contribution in [-0.2, 0) is 4.79 Å². The zero-order valence-electron chi connectivity index (χ0n) is 4.40. The van der Waals surface area contributed by atoms with Crippen molar-refractivity contribution in [3.8, 4) is 0 Å². The Morgan fingerprint density at radius 2 is 2.11 bits per heavy atom. The average molecular weight is 203 g/mol. The first-order chi connectivity index (χ1) is 3.92. The van der Waals surface area contributed by atoms with Gasteiger partial charge in [0.15, 0.2) is 0 Å². The second-order valence-corrected chi connectivity index (χ2v) is 2.67. The first-order valence-corrected chi connectivity index (χ1v) is 2.99. The average Bonchev–Trinajstić information content (AvgIpc) is 1.59. The van der Waals surface area contributed by atoms with Crippen LogP contribution < -0.4 is 0 Å². The van der Waals surface area contributed by atoms with Crippen molar-refractivity contribution in [1.29, 1.82) is 0 Å². The molecule has 0 radical (unpaired) electrons. The molecule has 0 aliphatic carbocycles. The molecule has 0 saturated heterocycles. The van der Waals surface area contributed by atoms with E-state index in [9.17, 15) is 13.6 Å². The van der Waals surface area contributed by atoms with Gasteiger partial charge < -0.3 is 5.11 Å². The fourth-order valence-electron chi connectivity index (χ4n) is 0.249. The van der Waals surface area contributed by atoms with Crippen molar-refractivity contribution < 1.29 is 18.7 Å². The molecule has 5 heteroatoms. The highest BCUT2D eigenvalue weighted by molar-refractivity contribution is 9.09. The molecular formula is C4H5BrF2O2. The molecule has 0 heterocycles. The molecule has 9 heavy (non-hydrogen) atoms. The number of alkyl halides is 3. The Hall–Kier alpha value is -0.190. The molecule has 0 aromatic rings. The van der Waals surface area contributed by atoms with Crippen LogP contribution in [0.1, 0.15) is 12.8 Å². The van der Waals surface area contributed by atoms with Crippen LogP contribution in [0.3, 0.4) is 0 Å². The molecule has 0 aliphatic rings. The molecule has 0 amide bonds. The summed E-state index contributed by atoms with van der Waals surface area (Å²) in [5.74, 6) is -1.21. The normalized spacial score (nSPS) is 11.4. The minimum Gasteiger partial charge on any atom is -0.481 e. The lowest BCUT2D eigenvalue weighted by Crippen LogP contribution is -2.07. The highest BCUT2D eigenvalue weighted by Gasteiger charge is 2.24. The van der Waals surface area contributed by atoms with E-state index in [0.717, 1.165) is 0 Å². The Balaban J connectivity index is 3.39. The lowest BCUT2D eigenvalue weighted by molar-refractivity contribution is -0.138. The SMILES string of the molecule is O=C(O)CCC(F)(F)Br. The van der Waals surface area contributed by atoms with Crippen molar-refractivity contribution in [1.82, 2.24) is 0 Å². The molecule has 2 nitrogen and oxygen atoms in total. The number of hydrogen-bond acceptors (Lipinski definition) is 1. The van der Waals surface area contributed by atoms with Crippen LogP contribution in [0.2, 0.25) is 0 Å². The van der Waals surface area contributed by atoms with E-state index in [2.05, 4.69) is 0 Å². The van der Waals surface area contributed by atoms with E-state index in [-0.39, 0.29) is 0 Å². The van der Waals surface area contributed by atoms with Gasteiger partial charge in [-0.1, -0.05) is 0 Å². The van der Waals surface area contributed by atoms with Gasteiger partial charge in [0, 0.05) is 6.42 Å². The molecule has 0 rings (SSSR count). The summed E-state index contributed by atoms with van der Waals surface area (Å²) in [7, 11) is 0. The van der Waals surface area contributed by atoms with E-state index in [1.54, 1.807) is 0 Å². The van der Waals surface area contributed by atoms with Crippen LogP contribution in [0, 0.1) is 0 Å². The topological polar surface area (TPSA) is 37.3 Å². The predicted octanol–water partition coefficient (Wildman–Crippen LogP) is 1.84. The van der Waals surface area contributed by atoms with Gasteiger partial charge in [-0.15, -0.1) is 0 Å². The first kappa shape index (κ1) is 8.81. The molecule has 0 aliphatic heterocycles. The largest absolute Gasteiger partial charge is 0.481 e. The highest BCUT2D eigenvalue weighted by Crippen LogP contribution is 2.26. The van der Waals surface area contributed by atoms with Crippen LogP contribution in [0.5, 0.6) is 0 Å². The van der Waals surface area contributed by atoms with Crippen molar-refractivity contribution in [2.24, 2.45) is 0 Å². The van der Waals surface area contributed by atoms with E-state index >= 15 is 0 Å². The number of carboxylic acid groups (broad SMARTS) is 1. The maximum atomic E-state index is 11.7. The van der Waals surface area contributed by atoms with Crippen molar-refractivity contribution in [3.63, 3.8) is 0 Å². The Morgan fingerprint density at radius 1 is 1.67 bits per heavy atom.